The van der Waals surface area contributed by atoms with Crippen LogP contribution in [0.2, 0.25) is 0 Å². The number of phenols is 1. The van der Waals surface area contributed by atoms with E-state index in [1.165, 1.54) is 18.2 Å². The number of aromatic hydroxyl groups is 1. The van der Waals surface area contributed by atoms with Crippen LogP contribution in [0.4, 0.5) is 15.8 Å². The Kier molecular flexibility index (Phi) is 2.91. The van der Waals surface area contributed by atoms with E-state index in [9.17, 15) is 9.50 Å². The number of benzene rings is 2. The Labute approximate surface area is 110 Å². The highest BCUT2D eigenvalue weighted by atomic mass is 19.1. The summed E-state index contributed by atoms with van der Waals surface area (Å²) in [6.07, 6.45) is 0.631. The maximum atomic E-state index is 13.3. The lowest BCUT2D eigenvalue weighted by molar-refractivity contribution is 0.471. The Morgan fingerprint density at radius 2 is 2.00 bits per heavy atom. The minimum Gasteiger partial charge on any atom is -0.507 e. The van der Waals surface area contributed by atoms with E-state index in [1.54, 1.807) is 0 Å². The van der Waals surface area contributed by atoms with Crippen molar-refractivity contribution in [1.82, 2.24) is 0 Å². The Hall–Kier alpha value is -2.36. The topological polar surface area (TPSA) is 44.6 Å². The lowest BCUT2D eigenvalue weighted by Crippen LogP contribution is -2.07. The number of aliphatic imine (C=N–C) groups is 1. The summed E-state index contributed by atoms with van der Waals surface area (Å²) in [5.74, 6) is -0.319. The van der Waals surface area contributed by atoms with E-state index in [0.717, 1.165) is 11.4 Å². The van der Waals surface area contributed by atoms with Gasteiger partial charge in [0.25, 0.3) is 0 Å². The van der Waals surface area contributed by atoms with Crippen molar-refractivity contribution >= 4 is 17.1 Å². The molecule has 3 nitrogen and oxygen atoms in total. The number of hydrogen-bond acceptors (Lipinski definition) is 3. The van der Waals surface area contributed by atoms with Crippen LogP contribution < -0.4 is 5.32 Å². The molecule has 2 aromatic carbocycles. The Morgan fingerprint density at radius 3 is 2.89 bits per heavy atom. The summed E-state index contributed by atoms with van der Waals surface area (Å²) >= 11 is 0. The van der Waals surface area contributed by atoms with Crippen LogP contribution in [-0.2, 0) is 0 Å². The molecule has 2 aromatic rings. The second kappa shape index (κ2) is 4.72. The van der Waals surface area contributed by atoms with Crippen molar-refractivity contribution in [2.45, 2.75) is 6.42 Å². The number of phenolic OH excluding ortho intramolecular Hbond substituents is 1. The quantitative estimate of drug-likeness (QED) is 0.820. The first-order chi connectivity index (χ1) is 9.24. The van der Waals surface area contributed by atoms with E-state index in [0.29, 0.717) is 24.2 Å². The normalized spacial score (nSPS) is 14.1. The third-order valence-corrected chi connectivity index (χ3v) is 3.11. The number of rotatable bonds is 1. The molecule has 0 bridgehead atoms. The first-order valence-corrected chi connectivity index (χ1v) is 6.13. The van der Waals surface area contributed by atoms with Crippen molar-refractivity contribution in [3.63, 3.8) is 0 Å². The molecule has 0 aromatic heterocycles. The molecule has 96 valence electrons. The van der Waals surface area contributed by atoms with Gasteiger partial charge in [0.1, 0.15) is 11.6 Å². The molecule has 0 fully saturated rings. The van der Waals surface area contributed by atoms with Crippen LogP contribution in [0.15, 0.2) is 47.5 Å². The summed E-state index contributed by atoms with van der Waals surface area (Å²) in [4.78, 5) is 4.54. The van der Waals surface area contributed by atoms with Gasteiger partial charge in [-0.2, -0.15) is 0 Å². The molecule has 4 heteroatoms. The number of nitrogens with zero attached hydrogens (tertiary/aromatic N) is 1. The summed E-state index contributed by atoms with van der Waals surface area (Å²) in [6, 6.07) is 11.6. The molecule has 0 unspecified atom stereocenters. The first-order valence-electron chi connectivity index (χ1n) is 6.13. The van der Waals surface area contributed by atoms with Gasteiger partial charge in [-0.1, -0.05) is 12.1 Å². The van der Waals surface area contributed by atoms with Crippen LogP contribution >= 0.6 is 0 Å². The molecule has 0 radical (unpaired) electrons. The molecular formula is C15H13FN2O. The van der Waals surface area contributed by atoms with Gasteiger partial charge in [-0.25, -0.2) is 4.39 Å². The predicted octanol–water partition coefficient (Wildman–Crippen LogP) is 3.47. The molecule has 0 saturated heterocycles. The van der Waals surface area contributed by atoms with Crippen LogP contribution in [0.3, 0.4) is 0 Å². The van der Waals surface area contributed by atoms with Gasteiger partial charge in [0, 0.05) is 18.5 Å². The highest BCUT2D eigenvalue weighted by Crippen LogP contribution is 2.30. The smallest absolute Gasteiger partial charge is 0.124 e. The third-order valence-electron chi connectivity index (χ3n) is 3.11. The average Bonchev–Trinajstić information content (AvgIpc) is 2.63. The zero-order chi connectivity index (χ0) is 13.2. The van der Waals surface area contributed by atoms with Crippen molar-refractivity contribution in [3.05, 3.63) is 53.8 Å². The molecule has 0 atom stereocenters. The first kappa shape index (κ1) is 11.7. The van der Waals surface area contributed by atoms with Gasteiger partial charge >= 0.3 is 0 Å². The number of anilines is 1. The van der Waals surface area contributed by atoms with Gasteiger partial charge in [-0.3, -0.25) is 4.99 Å². The van der Waals surface area contributed by atoms with E-state index in [2.05, 4.69) is 10.3 Å². The minimum absolute atomic E-state index is 0.0551. The average molecular weight is 256 g/mol. The van der Waals surface area contributed by atoms with E-state index >= 15 is 0 Å². The van der Waals surface area contributed by atoms with Crippen LogP contribution in [0.25, 0.3) is 0 Å². The second-order valence-corrected chi connectivity index (χ2v) is 4.41. The van der Waals surface area contributed by atoms with E-state index < -0.39 is 0 Å². The third kappa shape index (κ3) is 2.29. The van der Waals surface area contributed by atoms with Gasteiger partial charge in [0.2, 0.25) is 0 Å². The molecule has 1 heterocycles. The number of nitrogens with one attached hydrogen (secondary N) is 1. The molecule has 3 rings (SSSR count). The molecule has 1 aliphatic heterocycles. The second-order valence-electron chi connectivity index (χ2n) is 4.41. The lowest BCUT2D eigenvalue weighted by atomic mass is 10.1. The number of para-hydroxylation sites is 2. The largest absolute Gasteiger partial charge is 0.507 e. The van der Waals surface area contributed by atoms with Crippen molar-refractivity contribution < 1.29 is 9.50 Å². The molecule has 0 amide bonds. The van der Waals surface area contributed by atoms with Crippen molar-refractivity contribution in [2.75, 3.05) is 11.9 Å². The van der Waals surface area contributed by atoms with Crippen molar-refractivity contribution in [2.24, 2.45) is 4.99 Å². The summed E-state index contributed by atoms with van der Waals surface area (Å²) in [7, 11) is 0. The van der Waals surface area contributed by atoms with Gasteiger partial charge in [-0.15, -0.1) is 0 Å². The summed E-state index contributed by atoms with van der Waals surface area (Å²) < 4.78 is 13.3. The van der Waals surface area contributed by atoms with Gasteiger partial charge in [0.15, 0.2) is 0 Å². The van der Waals surface area contributed by atoms with Gasteiger partial charge in [-0.05, 0) is 30.3 Å². The molecule has 1 aliphatic rings. The van der Waals surface area contributed by atoms with Crippen LogP contribution in [0.1, 0.15) is 12.0 Å². The summed E-state index contributed by atoms with van der Waals surface area (Å²) in [6.45, 7) is 0.700. The minimum atomic E-state index is -0.374. The zero-order valence-corrected chi connectivity index (χ0v) is 10.2. The highest BCUT2D eigenvalue weighted by molar-refractivity contribution is 6.05. The zero-order valence-electron chi connectivity index (χ0n) is 10.2. The standard InChI is InChI=1S/C15H13FN2O/c16-10-5-6-15(19)11(9-10)12-7-8-17-13-3-1-2-4-14(13)18-12/h1-6,9,17,19H,7-8H2. The monoisotopic (exact) mass is 256 g/mol. The Bertz CT molecular complexity index is 652. The van der Waals surface area contributed by atoms with Gasteiger partial charge in [0.05, 0.1) is 17.1 Å². The predicted molar refractivity (Wildman–Crippen MR) is 73.8 cm³/mol. The van der Waals surface area contributed by atoms with E-state index in [-0.39, 0.29) is 11.6 Å². The molecule has 0 aliphatic carbocycles. The highest BCUT2D eigenvalue weighted by Gasteiger charge is 2.14. The fourth-order valence-electron chi connectivity index (χ4n) is 2.17. The summed E-state index contributed by atoms with van der Waals surface area (Å²) in [5, 5.41) is 13.1. The molecule has 0 saturated carbocycles. The molecular weight excluding hydrogens is 243 g/mol. The number of hydrogen-bond donors (Lipinski definition) is 2. The maximum Gasteiger partial charge on any atom is 0.124 e. The maximum absolute atomic E-state index is 13.3. The van der Waals surface area contributed by atoms with Gasteiger partial charge < -0.3 is 10.4 Å². The van der Waals surface area contributed by atoms with E-state index in [1.807, 2.05) is 24.3 Å². The van der Waals surface area contributed by atoms with Crippen LogP contribution in [0.5, 0.6) is 5.75 Å². The van der Waals surface area contributed by atoms with E-state index in [4.69, 9.17) is 0 Å². The Morgan fingerprint density at radius 1 is 1.16 bits per heavy atom. The fraction of sp³-hybridized carbons (Fsp3) is 0.133. The molecule has 2 N–H and O–H groups in total. The van der Waals surface area contributed by atoms with Crippen molar-refractivity contribution in [1.29, 1.82) is 0 Å². The fourth-order valence-corrected chi connectivity index (χ4v) is 2.17. The van der Waals surface area contributed by atoms with Crippen LogP contribution in [-0.4, -0.2) is 17.4 Å². The SMILES string of the molecule is Oc1ccc(F)cc1C1=Nc2ccccc2NCC1. The molecule has 19 heavy (non-hydrogen) atoms. The summed E-state index contributed by atoms with van der Waals surface area (Å²) in [5.41, 5.74) is 2.90. The lowest BCUT2D eigenvalue weighted by Gasteiger charge is -2.06. The van der Waals surface area contributed by atoms with Crippen LogP contribution in [0, 0.1) is 5.82 Å². The Balaban J connectivity index is 2.10. The van der Waals surface area contributed by atoms with Crippen molar-refractivity contribution in [3.8, 4) is 5.75 Å². The number of halogens is 1. The molecule has 0 spiro atoms. The number of fused-ring (bicyclic) bond motifs is 1.